The second-order valence-electron chi connectivity index (χ2n) is 3.68. The van der Waals surface area contributed by atoms with E-state index in [-0.39, 0.29) is 0 Å². The van der Waals surface area contributed by atoms with Crippen LogP contribution in [0.5, 0.6) is 0 Å². The second kappa shape index (κ2) is 3.25. The number of para-hydroxylation sites is 1. The molecule has 68 valence electrons. The Morgan fingerprint density at radius 2 is 2.46 bits per heavy atom. The van der Waals surface area contributed by atoms with Gasteiger partial charge in [-0.15, -0.1) is 6.58 Å². The topological polar surface area (TPSA) is 12.0 Å². The van der Waals surface area contributed by atoms with Crippen molar-refractivity contribution in [3.8, 4) is 0 Å². The molecule has 1 aromatic rings. The third-order valence-electron chi connectivity index (χ3n) is 2.63. The Labute approximate surface area is 79.5 Å². The molecule has 1 aliphatic heterocycles. The molecule has 0 aliphatic carbocycles. The Morgan fingerprint density at radius 3 is 3.15 bits per heavy atom. The predicted molar refractivity (Wildman–Crippen MR) is 57.1 cm³/mol. The van der Waals surface area contributed by atoms with Crippen LogP contribution in [0.1, 0.15) is 17.5 Å². The normalized spacial score (nSPS) is 19.3. The van der Waals surface area contributed by atoms with Gasteiger partial charge in [0.05, 0.1) is 0 Å². The number of anilines is 1. The molecule has 1 unspecified atom stereocenters. The van der Waals surface area contributed by atoms with Crippen LogP contribution in [0, 0.1) is 6.92 Å². The molecule has 0 spiro atoms. The molecular formula is C12H15N. The van der Waals surface area contributed by atoms with Crippen LogP contribution in [0.3, 0.4) is 0 Å². The van der Waals surface area contributed by atoms with Crippen molar-refractivity contribution < 1.29 is 0 Å². The van der Waals surface area contributed by atoms with Gasteiger partial charge in [-0.25, -0.2) is 0 Å². The standard InChI is InChI=1S/C12H15N/c1-3-5-11-8-10-7-4-6-9(2)12(10)13-11/h3-4,6-7,11,13H,1,5,8H2,2H3. The summed E-state index contributed by atoms with van der Waals surface area (Å²) in [5.41, 5.74) is 4.14. The maximum atomic E-state index is 3.77. The van der Waals surface area contributed by atoms with Crippen molar-refractivity contribution in [2.75, 3.05) is 5.32 Å². The predicted octanol–water partition coefficient (Wildman–Crippen LogP) is 2.91. The van der Waals surface area contributed by atoms with Gasteiger partial charge in [0.15, 0.2) is 0 Å². The van der Waals surface area contributed by atoms with Crippen LogP contribution in [-0.2, 0) is 6.42 Å². The number of hydrogen-bond donors (Lipinski definition) is 1. The zero-order valence-corrected chi connectivity index (χ0v) is 8.01. The van der Waals surface area contributed by atoms with Crippen LogP contribution >= 0.6 is 0 Å². The lowest BCUT2D eigenvalue weighted by Gasteiger charge is -2.08. The first kappa shape index (κ1) is 8.36. The number of rotatable bonds is 2. The van der Waals surface area contributed by atoms with E-state index in [2.05, 4.69) is 37.0 Å². The first-order valence-corrected chi connectivity index (χ1v) is 4.77. The van der Waals surface area contributed by atoms with Gasteiger partial charge in [-0.2, -0.15) is 0 Å². The smallest absolute Gasteiger partial charge is 0.0405 e. The van der Waals surface area contributed by atoms with Crippen molar-refractivity contribution in [3.05, 3.63) is 42.0 Å². The van der Waals surface area contributed by atoms with E-state index in [9.17, 15) is 0 Å². The minimum Gasteiger partial charge on any atom is -0.381 e. The van der Waals surface area contributed by atoms with Gasteiger partial charge in [-0.1, -0.05) is 24.3 Å². The molecule has 0 aromatic heterocycles. The molecule has 0 saturated heterocycles. The third kappa shape index (κ3) is 1.46. The number of benzene rings is 1. The lowest BCUT2D eigenvalue weighted by atomic mass is 10.1. The first-order valence-electron chi connectivity index (χ1n) is 4.77. The molecule has 1 aromatic carbocycles. The van der Waals surface area contributed by atoms with E-state index in [0.29, 0.717) is 6.04 Å². The molecule has 0 fully saturated rings. The summed E-state index contributed by atoms with van der Waals surface area (Å²) in [5.74, 6) is 0. The van der Waals surface area contributed by atoms with E-state index in [4.69, 9.17) is 0 Å². The van der Waals surface area contributed by atoms with Gasteiger partial charge in [0.2, 0.25) is 0 Å². The fraction of sp³-hybridized carbons (Fsp3) is 0.333. The molecule has 1 N–H and O–H groups in total. The molecule has 0 bridgehead atoms. The first-order chi connectivity index (χ1) is 6.31. The van der Waals surface area contributed by atoms with Gasteiger partial charge in [-0.05, 0) is 30.9 Å². The third-order valence-corrected chi connectivity index (χ3v) is 2.63. The van der Waals surface area contributed by atoms with E-state index >= 15 is 0 Å². The fourth-order valence-corrected chi connectivity index (χ4v) is 1.97. The average Bonchev–Trinajstić information content (AvgIpc) is 2.49. The van der Waals surface area contributed by atoms with E-state index in [1.807, 2.05) is 6.08 Å². The zero-order chi connectivity index (χ0) is 9.26. The lowest BCUT2D eigenvalue weighted by Crippen LogP contribution is -2.13. The molecule has 1 heteroatoms. The van der Waals surface area contributed by atoms with Crippen molar-refractivity contribution in [3.63, 3.8) is 0 Å². The van der Waals surface area contributed by atoms with Gasteiger partial charge in [0.1, 0.15) is 0 Å². The molecule has 0 amide bonds. The highest BCUT2D eigenvalue weighted by Crippen LogP contribution is 2.29. The molecule has 1 aliphatic rings. The summed E-state index contributed by atoms with van der Waals surface area (Å²) in [6.45, 7) is 5.92. The van der Waals surface area contributed by atoms with E-state index in [0.717, 1.165) is 12.8 Å². The summed E-state index contributed by atoms with van der Waals surface area (Å²) >= 11 is 0. The van der Waals surface area contributed by atoms with Crippen molar-refractivity contribution in [1.29, 1.82) is 0 Å². The SMILES string of the molecule is C=CCC1Cc2cccc(C)c2N1. The van der Waals surface area contributed by atoms with Crippen LogP contribution in [0.25, 0.3) is 0 Å². The van der Waals surface area contributed by atoms with E-state index < -0.39 is 0 Å². The molecule has 1 heterocycles. The quantitative estimate of drug-likeness (QED) is 0.678. The fourth-order valence-electron chi connectivity index (χ4n) is 1.97. The summed E-state index contributed by atoms with van der Waals surface area (Å²) in [7, 11) is 0. The highest BCUT2D eigenvalue weighted by atomic mass is 14.9. The molecule has 0 radical (unpaired) electrons. The van der Waals surface area contributed by atoms with Crippen LogP contribution in [-0.4, -0.2) is 6.04 Å². The van der Waals surface area contributed by atoms with E-state index in [1.54, 1.807) is 0 Å². The maximum absolute atomic E-state index is 3.77. The molecule has 0 saturated carbocycles. The minimum absolute atomic E-state index is 0.564. The van der Waals surface area contributed by atoms with Gasteiger partial charge in [0.25, 0.3) is 0 Å². The van der Waals surface area contributed by atoms with Crippen molar-refractivity contribution in [2.45, 2.75) is 25.8 Å². The van der Waals surface area contributed by atoms with Crippen molar-refractivity contribution in [1.82, 2.24) is 0 Å². The number of hydrogen-bond acceptors (Lipinski definition) is 1. The monoisotopic (exact) mass is 173 g/mol. The summed E-state index contributed by atoms with van der Waals surface area (Å²) in [5, 5.41) is 3.53. The van der Waals surface area contributed by atoms with Gasteiger partial charge < -0.3 is 5.32 Å². The van der Waals surface area contributed by atoms with Gasteiger partial charge >= 0.3 is 0 Å². The van der Waals surface area contributed by atoms with E-state index in [1.165, 1.54) is 16.8 Å². The van der Waals surface area contributed by atoms with Gasteiger partial charge in [-0.3, -0.25) is 0 Å². The Morgan fingerprint density at radius 1 is 1.62 bits per heavy atom. The highest BCUT2D eigenvalue weighted by Gasteiger charge is 2.19. The van der Waals surface area contributed by atoms with Crippen LogP contribution in [0.15, 0.2) is 30.9 Å². The van der Waals surface area contributed by atoms with Crippen molar-refractivity contribution in [2.24, 2.45) is 0 Å². The van der Waals surface area contributed by atoms with Crippen LogP contribution < -0.4 is 5.32 Å². The maximum Gasteiger partial charge on any atom is 0.0405 e. The Balaban J connectivity index is 2.24. The minimum atomic E-state index is 0.564. The second-order valence-corrected chi connectivity index (χ2v) is 3.68. The Hall–Kier alpha value is -1.24. The Bertz CT molecular complexity index is 328. The van der Waals surface area contributed by atoms with Crippen LogP contribution in [0.2, 0.25) is 0 Å². The van der Waals surface area contributed by atoms with Gasteiger partial charge in [0, 0.05) is 11.7 Å². The Kier molecular flexibility index (Phi) is 2.09. The lowest BCUT2D eigenvalue weighted by molar-refractivity contribution is 0.766. The molecule has 1 nitrogen and oxygen atoms in total. The van der Waals surface area contributed by atoms with Crippen molar-refractivity contribution >= 4 is 5.69 Å². The largest absolute Gasteiger partial charge is 0.381 e. The zero-order valence-electron chi connectivity index (χ0n) is 8.01. The number of nitrogens with one attached hydrogen (secondary N) is 1. The van der Waals surface area contributed by atoms with Crippen LogP contribution in [0.4, 0.5) is 5.69 Å². The summed E-state index contributed by atoms with van der Waals surface area (Å²) < 4.78 is 0. The summed E-state index contributed by atoms with van der Waals surface area (Å²) in [4.78, 5) is 0. The summed E-state index contributed by atoms with van der Waals surface area (Å²) in [6, 6.07) is 7.06. The number of aryl methyl sites for hydroxylation is 1. The average molecular weight is 173 g/mol. The highest BCUT2D eigenvalue weighted by molar-refractivity contribution is 5.61. The molecule has 1 atom stereocenters. The molecular weight excluding hydrogens is 158 g/mol. The molecule has 13 heavy (non-hydrogen) atoms. The molecule has 2 rings (SSSR count). The summed E-state index contributed by atoms with van der Waals surface area (Å²) in [6.07, 6.45) is 4.18. The number of fused-ring (bicyclic) bond motifs is 1.